The van der Waals surface area contributed by atoms with Crippen molar-refractivity contribution in [3.63, 3.8) is 0 Å². The van der Waals surface area contributed by atoms with Gasteiger partial charge in [0.25, 0.3) is 5.91 Å². The van der Waals surface area contributed by atoms with E-state index < -0.39 is 17.5 Å². The van der Waals surface area contributed by atoms with Crippen LogP contribution >= 0.6 is 0 Å². The van der Waals surface area contributed by atoms with E-state index in [0.717, 1.165) is 18.9 Å². The molecule has 1 aliphatic carbocycles. The van der Waals surface area contributed by atoms with Gasteiger partial charge < -0.3 is 15.1 Å². The van der Waals surface area contributed by atoms with Crippen LogP contribution in [-0.2, 0) is 11.3 Å². The first-order valence-corrected chi connectivity index (χ1v) is 11.0. The van der Waals surface area contributed by atoms with Gasteiger partial charge in [-0.15, -0.1) is 0 Å². The highest BCUT2D eigenvalue weighted by molar-refractivity contribution is 5.95. The number of oxazole rings is 1. The van der Waals surface area contributed by atoms with Crippen LogP contribution in [0.3, 0.4) is 0 Å². The molecule has 172 valence electrons. The molecular formula is C25H25F2N3O3. The van der Waals surface area contributed by atoms with Gasteiger partial charge in [-0.2, -0.15) is 0 Å². The van der Waals surface area contributed by atoms with E-state index in [1.807, 2.05) is 12.1 Å². The summed E-state index contributed by atoms with van der Waals surface area (Å²) in [4.78, 5) is 29.3. The number of carbonyl (C=O) groups is 2. The molecule has 4 rings (SSSR count). The number of aryl methyl sites for hydroxylation is 1. The minimum absolute atomic E-state index is 0.0275. The maximum Gasteiger partial charge on any atom is 0.254 e. The summed E-state index contributed by atoms with van der Waals surface area (Å²) in [6, 6.07) is 10.6. The highest BCUT2D eigenvalue weighted by Crippen LogP contribution is 2.31. The second-order valence-electron chi connectivity index (χ2n) is 8.25. The summed E-state index contributed by atoms with van der Waals surface area (Å²) in [5, 5.41) is 5.50. The lowest BCUT2D eigenvalue weighted by Crippen LogP contribution is -2.24. The topological polar surface area (TPSA) is 84.2 Å². The van der Waals surface area contributed by atoms with Crippen molar-refractivity contribution in [2.45, 2.75) is 45.6 Å². The zero-order chi connectivity index (χ0) is 23.4. The van der Waals surface area contributed by atoms with E-state index >= 15 is 0 Å². The summed E-state index contributed by atoms with van der Waals surface area (Å²) in [5.74, 6) is -1.89. The predicted octanol–water partition coefficient (Wildman–Crippen LogP) is 5.38. The minimum Gasteiger partial charge on any atom is -0.441 e. The van der Waals surface area contributed by atoms with Crippen LogP contribution < -0.4 is 10.6 Å². The standard InChI is InChI=1S/C25H25F2N3O3/c1-15-21(14-28-24(32)18-10-6-11-19(26)23(18)27)30-25(33-15)17-9-4-5-12-20(17)29-22(31)13-16-7-2-3-8-16/h4-6,9-12,16H,2-3,7-8,13-14H2,1H3,(H,28,32)(H,29,31). The van der Waals surface area contributed by atoms with Crippen LogP contribution in [0, 0.1) is 24.5 Å². The van der Waals surface area contributed by atoms with Gasteiger partial charge in [-0.1, -0.05) is 31.0 Å². The number of nitrogens with one attached hydrogen (secondary N) is 2. The van der Waals surface area contributed by atoms with E-state index in [1.54, 1.807) is 19.1 Å². The van der Waals surface area contributed by atoms with Crippen LogP contribution in [0.1, 0.15) is 53.9 Å². The zero-order valence-electron chi connectivity index (χ0n) is 18.3. The normalized spacial score (nSPS) is 13.8. The Morgan fingerprint density at radius 1 is 1.09 bits per heavy atom. The van der Waals surface area contributed by atoms with Crippen molar-refractivity contribution in [2.24, 2.45) is 5.92 Å². The van der Waals surface area contributed by atoms with Gasteiger partial charge in [0.1, 0.15) is 11.5 Å². The number of rotatable bonds is 7. The monoisotopic (exact) mass is 453 g/mol. The molecule has 3 aromatic rings. The first-order chi connectivity index (χ1) is 15.9. The van der Waals surface area contributed by atoms with Crippen molar-refractivity contribution in [2.75, 3.05) is 5.32 Å². The second-order valence-corrected chi connectivity index (χ2v) is 8.25. The van der Waals surface area contributed by atoms with Crippen molar-refractivity contribution in [3.8, 4) is 11.5 Å². The molecule has 1 heterocycles. The van der Waals surface area contributed by atoms with Crippen molar-refractivity contribution >= 4 is 17.5 Å². The van der Waals surface area contributed by atoms with Gasteiger partial charge in [-0.3, -0.25) is 9.59 Å². The molecule has 0 spiro atoms. The first-order valence-electron chi connectivity index (χ1n) is 11.0. The predicted molar refractivity (Wildman–Crippen MR) is 119 cm³/mol. The third kappa shape index (κ3) is 5.27. The third-order valence-electron chi connectivity index (χ3n) is 5.89. The van der Waals surface area contributed by atoms with Gasteiger partial charge in [0.15, 0.2) is 11.6 Å². The Hall–Kier alpha value is -3.55. The van der Waals surface area contributed by atoms with Crippen molar-refractivity contribution in [1.29, 1.82) is 0 Å². The summed E-state index contributed by atoms with van der Waals surface area (Å²) < 4.78 is 33.0. The Morgan fingerprint density at radius 3 is 2.64 bits per heavy atom. The number of hydrogen-bond donors (Lipinski definition) is 2. The average Bonchev–Trinajstić information content (AvgIpc) is 3.43. The molecular weight excluding hydrogens is 428 g/mol. The van der Waals surface area contributed by atoms with Gasteiger partial charge in [0.2, 0.25) is 11.8 Å². The smallest absolute Gasteiger partial charge is 0.254 e. The number of aromatic nitrogens is 1. The molecule has 0 radical (unpaired) electrons. The van der Waals surface area contributed by atoms with E-state index in [4.69, 9.17) is 4.42 Å². The highest BCUT2D eigenvalue weighted by Gasteiger charge is 2.21. The largest absolute Gasteiger partial charge is 0.441 e. The van der Waals surface area contributed by atoms with E-state index in [1.165, 1.54) is 25.0 Å². The fourth-order valence-electron chi connectivity index (χ4n) is 4.10. The van der Waals surface area contributed by atoms with Crippen molar-refractivity contribution in [3.05, 3.63) is 71.1 Å². The Labute approximate surface area is 190 Å². The van der Waals surface area contributed by atoms with Gasteiger partial charge in [0, 0.05) is 6.42 Å². The minimum atomic E-state index is -1.20. The summed E-state index contributed by atoms with van der Waals surface area (Å²) in [6.45, 7) is 1.67. The van der Waals surface area contributed by atoms with Crippen LogP contribution in [0.25, 0.3) is 11.5 Å². The molecule has 1 fully saturated rings. The number of carbonyl (C=O) groups excluding carboxylic acids is 2. The van der Waals surface area contributed by atoms with Crippen molar-refractivity contribution < 1.29 is 22.8 Å². The molecule has 0 unspecified atom stereocenters. The van der Waals surface area contributed by atoms with E-state index in [0.29, 0.717) is 40.9 Å². The fourth-order valence-corrected chi connectivity index (χ4v) is 4.10. The van der Waals surface area contributed by atoms with Crippen LogP contribution in [-0.4, -0.2) is 16.8 Å². The molecule has 2 amide bonds. The quantitative estimate of drug-likeness (QED) is 0.503. The van der Waals surface area contributed by atoms with E-state index in [2.05, 4.69) is 15.6 Å². The molecule has 0 aliphatic heterocycles. The highest BCUT2D eigenvalue weighted by atomic mass is 19.2. The summed E-state index contributed by atoms with van der Waals surface area (Å²) in [5.41, 5.74) is 1.28. The molecule has 0 saturated heterocycles. The Kier molecular flexibility index (Phi) is 6.82. The second kappa shape index (κ2) is 9.94. The Morgan fingerprint density at radius 2 is 1.85 bits per heavy atom. The molecule has 8 heteroatoms. The van der Waals surface area contributed by atoms with E-state index in [-0.39, 0.29) is 18.0 Å². The SMILES string of the molecule is Cc1oc(-c2ccccc2NC(=O)CC2CCCC2)nc1CNC(=O)c1cccc(F)c1F. The third-order valence-corrected chi connectivity index (χ3v) is 5.89. The summed E-state index contributed by atoms with van der Waals surface area (Å²) in [7, 11) is 0. The first kappa shape index (κ1) is 22.6. The van der Waals surface area contributed by atoms with Crippen LogP contribution in [0.4, 0.5) is 14.5 Å². The number of halogens is 2. The molecule has 33 heavy (non-hydrogen) atoms. The van der Waals surface area contributed by atoms with Crippen molar-refractivity contribution in [1.82, 2.24) is 10.3 Å². The molecule has 2 aromatic carbocycles. The van der Waals surface area contributed by atoms with Gasteiger partial charge in [0.05, 0.1) is 23.4 Å². The summed E-state index contributed by atoms with van der Waals surface area (Å²) in [6.07, 6.45) is 5.02. The summed E-state index contributed by atoms with van der Waals surface area (Å²) >= 11 is 0. The number of anilines is 1. The number of hydrogen-bond acceptors (Lipinski definition) is 4. The molecule has 2 N–H and O–H groups in total. The number of benzene rings is 2. The Bertz CT molecular complexity index is 1170. The molecule has 0 atom stereocenters. The van der Waals surface area contributed by atoms with Gasteiger partial charge in [-0.05, 0) is 49.9 Å². The van der Waals surface area contributed by atoms with Gasteiger partial charge in [-0.25, -0.2) is 13.8 Å². The number of nitrogens with zero attached hydrogens (tertiary/aromatic N) is 1. The van der Waals surface area contributed by atoms with E-state index in [9.17, 15) is 18.4 Å². The fraction of sp³-hybridized carbons (Fsp3) is 0.320. The zero-order valence-corrected chi connectivity index (χ0v) is 18.3. The molecule has 1 aliphatic rings. The maximum atomic E-state index is 13.9. The van der Waals surface area contributed by atoms with Crippen LogP contribution in [0.5, 0.6) is 0 Å². The molecule has 6 nitrogen and oxygen atoms in total. The molecule has 0 bridgehead atoms. The number of amides is 2. The van der Waals surface area contributed by atoms with Gasteiger partial charge >= 0.3 is 0 Å². The van der Waals surface area contributed by atoms with Crippen LogP contribution in [0.2, 0.25) is 0 Å². The van der Waals surface area contributed by atoms with Crippen LogP contribution in [0.15, 0.2) is 46.9 Å². The Balaban J connectivity index is 1.46. The number of para-hydroxylation sites is 1. The lowest BCUT2D eigenvalue weighted by Gasteiger charge is -2.11. The average molecular weight is 453 g/mol. The lowest BCUT2D eigenvalue weighted by molar-refractivity contribution is -0.117. The lowest BCUT2D eigenvalue weighted by atomic mass is 10.0. The maximum absolute atomic E-state index is 13.9. The molecule has 1 saturated carbocycles. The molecule has 1 aromatic heterocycles.